The zero-order valence-corrected chi connectivity index (χ0v) is 11.8. The molecule has 4 nitrogen and oxygen atoms in total. The van der Waals surface area contributed by atoms with Crippen molar-refractivity contribution in [2.75, 3.05) is 6.61 Å². The van der Waals surface area contributed by atoms with Gasteiger partial charge in [0.15, 0.2) is 10.4 Å². The molecule has 0 saturated carbocycles. The number of nitrogens with one attached hydrogen (secondary N) is 1. The van der Waals surface area contributed by atoms with Crippen LogP contribution in [0.2, 0.25) is 0 Å². The molecule has 2 aromatic rings. The van der Waals surface area contributed by atoms with Gasteiger partial charge in [-0.15, -0.1) is 0 Å². The maximum absolute atomic E-state index is 11.9. The second-order valence-corrected chi connectivity index (χ2v) is 4.93. The predicted octanol–water partition coefficient (Wildman–Crippen LogP) is 2.38. The van der Waals surface area contributed by atoms with Gasteiger partial charge >= 0.3 is 0 Å². The Morgan fingerprint density at radius 3 is 2.58 bits per heavy atom. The second kappa shape index (κ2) is 6.54. The summed E-state index contributed by atoms with van der Waals surface area (Å²) < 4.78 is 5.67. The van der Waals surface area contributed by atoms with Crippen molar-refractivity contribution in [2.45, 2.75) is 12.5 Å². The highest BCUT2D eigenvalue weighted by Crippen LogP contribution is 2.14. The van der Waals surface area contributed by atoms with Gasteiger partial charge in [0, 0.05) is 0 Å². The van der Waals surface area contributed by atoms with E-state index in [9.17, 15) is 9.90 Å². The van der Waals surface area contributed by atoms with Crippen LogP contribution in [-0.4, -0.2) is 23.7 Å². The molecule has 19 heavy (non-hydrogen) atoms. The van der Waals surface area contributed by atoms with Gasteiger partial charge in [-0.3, -0.25) is 4.79 Å². The van der Waals surface area contributed by atoms with Gasteiger partial charge < -0.3 is 14.8 Å². The fourth-order valence-corrected chi connectivity index (χ4v) is 2.06. The minimum absolute atomic E-state index is 0.123. The first-order chi connectivity index (χ1) is 9.19. The van der Waals surface area contributed by atoms with Gasteiger partial charge in [0.1, 0.15) is 0 Å². The molecule has 1 amide bonds. The molecule has 1 atom stereocenters. The fourth-order valence-electron chi connectivity index (χ4n) is 1.75. The SMILES string of the molecule is O=C(N[C@H](CO)Cc1ccccc1)c1ccc(Br)o1. The van der Waals surface area contributed by atoms with Gasteiger partial charge in [-0.05, 0) is 40.0 Å². The standard InChI is InChI=1S/C14H14BrNO3/c15-13-7-6-12(19-13)14(18)16-11(9-17)8-10-4-2-1-3-5-10/h1-7,11,17H,8-9H2,(H,16,18)/t11-/m0/s1. The van der Waals surface area contributed by atoms with Crippen LogP contribution in [0.4, 0.5) is 0 Å². The Bertz CT molecular complexity index is 539. The van der Waals surface area contributed by atoms with Crippen molar-refractivity contribution in [2.24, 2.45) is 0 Å². The Balaban J connectivity index is 1.97. The Labute approximate surface area is 119 Å². The maximum atomic E-state index is 11.9. The number of carbonyl (C=O) groups excluding carboxylic acids is 1. The third-order valence-electron chi connectivity index (χ3n) is 2.68. The lowest BCUT2D eigenvalue weighted by Gasteiger charge is -2.15. The van der Waals surface area contributed by atoms with Crippen molar-refractivity contribution in [3.05, 3.63) is 58.5 Å². The third-order valence-corrected chi connectivity index (χ3v) is 3.10. The monoisotopic (exact) mass is 323 g/mol. The number of carbonyl (C=O) groups is 1. The number of halogens is 1. The molecule has 100 valence electrons. The molecule has 0 aliphatic carbocycles. The number of aliphatic hydroxyl groups is 1. The summed E-state index contributed by atoms with van der Waals surface area (Å²) in [6.07, 6.45) is 0.574. The number of benzene rings is 1. The van der Waals surface area contributed by atoms with E-state index in [0.717, 1.165) is 5.56 Å². The number of hydrogen-bond acceptors (Lipinski definition) is 3. The lowest BCUT2D eigenvalue weighted by Crippen LogP contribution is -2.38. The normalized spacial score (nSPS) is 12.1. The minimum atomic E-state index is -0.334. The van der Waals surface area contributed by atoms with Crippen molar-refractivity contribution in [1.29, 1.82) is 0 Å². The summed E-state index contributed by atoms with van der Waals surface area (Å²) in [7, 11) is 0. The number of rotatable bonds is 5. The zero-order valence-electron chi connectivity index (χ0n) is 10.2. The quantitative estimate of drug-likeness (QED) is 0.888. The first kappa shape index (κ1) is 13.8. The Hall–Kier alpha value is -1.59. The largest absolute Gasteiger partial charge is 0.444 e. The summed E-state index contributed by atoms with van der Waals surface area (Å²) in [4.78, 5) is 11.9. The Morgan fingerprint density at radius 2 is 2.00 bits per heavy atom. The third kappa shape index (κ3) is 3.94. The van der Waals surface area contributed by atoms with Gasteiger partial charge in [-0.25, -0.2) is 0 Å². The van der Waals surface area contributed by atoms with E-state index < -0.39 is 0 Å². The van der Waals surface area contributed by atoms with E-state index in [2.05, 4.69) is 21.2 Å². The van der Waals surface area contributed by atoms with Crippen molar-refractivity contribution in [1.82, 2.24) is 5.32 Å². The van der Waals surface area contributed by atoms with E-state index in [-0.39, 0.29) is 24.3 Å². The average molecular weight is 324 g/mol. The highest BCUT2D eigenvalue weighted by atomic mass is 79.9. The minimum Gasteiger partial charge on any atom is -0.444 e. The van der Waals surface area contributed by atoms with E-state index in [4.69, 9.17) is 4.42 Å². The summed E-state index contributed by atoms with van der Waals surface area (Å²) in [5.74, 6) is -0.112. The van der Waals surface area contributed by atoms with Crippen molar-refractivity contribution in [3.8, 4) is 0 Å². The van der Waals surface area contributed by atoms with Crippen molar-refractivity contribution >= 4 is 21.8 Å². The van der Waals surface area contributed by atoms with E-state index in [1.807, 2.05) is 30.3 Å². The first-order valence-electron chi connectivity index (χ1n) is 5.90. The molecule has 2 N–H and O–H groups in total. The Morgan fingerprint density at radius 1 is 1.26 bits per heavy atom. The van der Waals surface area contributed by atoms with Crippen LogP contribution in [0.1, 0.15) is 16.1 Å². The predicted molar refractivity (Wildman–Crippen MR) is 74.9 cm³/mol. The molecule has 0 aliphatic rings. The van der Waals surface area contributed by atoms with E-state index in [1.165, 1.54) is 0 Å². The van der Waals surface area contributed by atoms with Crippen LogP contribution >= 0.6 is 15.9 Å². The number of aliphatic hydroxyl groups excluding tert-OH is 1. The molecule has 0 radical (unpaired) electrons. The van der Waals surface area contributed by atoms with Crippen LogP contribution in [0.5, 0.6) is 0 Å². The van der Waals surface area contributed by atoms with Gasteiger partial charge in [-0.2, -0.15) is 0 Å². The molecular formula is C14H14BrNO3. The van der Waals surface area contributed by atoms with E-state index >= 15 is 0 Å². The van der Waals surface area contributed by atoms with Crippen LogP contribution in [0.3, 0.4) is 0 Å². The first-order valence-corrected chi connectivity index (χ1v) is 6.69. The van der Waals surface area contributed by atoms with Crippen molar-refractivity contribution < 1.29 is 14.3 Å². The summed E-state index contributed by atoms with van der Waals surface area (Å²) in [5.41, 5.74) is 1.06. The van der Waals surface area contributed by atoms with E-state index in [1.54, 1.807) is 12.1 Å². The van der Waals surface area contributed by atoms with Crippen LogP contribution in [0.15, 0.2) is 51.6 Å². The van der Waals surface area contributed by atoms with E-state index in [0.29, 0.717) is 11.1 Å². The number of hydrogen-bond donors (Lipinski definition) is 2. The second-order valence-electron chi connectivity index (χ2n) is 4.15. The average Bonchev–Trinajstić information content (AvgIpc) is 2.86. The smallest absolute Gasteiger partial charge is 0.287 e. The topological polar surface area (TPSA) is 62.5 Å². The van der Waals surface area contributed by atoms with Gasteiger partial charge in [0.25, 0.3) is 5.91 Å². The van der Waals surface area contributed by atoms with Gasteiger partial charge in [0.2, 0.25) is 0 Å². The molecule has 1 aromatic heterocycles. The maximum Gasteiger partial charge on any atom is 0.287 e. The van der Waals surface area contributed by atoms with Gasteiger partial charge in [-0.1, -0.05) is 30.3 Å². The molecular weight excluding hydrogens is 310 g/mol. The molecule has 5 heteroatoms. The number of furan rings is 1. The zero-order chi connectivity index (χ0) is 13.7. The molecule has 1 heterocycles. The fraction of sp³-hybridized carbons (Fsp3) is 0.214. The molecule has 0 saturated heterocycles. The lowest BCUT2D eigenvalue weighted by atomic mass is 10.1. The highest BCUT2D eigenvalue weighted by molar-refractivity contribution is 9.10. The summed E-state index contributed by atoms with van der Waals surface area (Å²) in [6, 6.07) is 12.6. The number of amides is 1. The highest BCUT2D eigenvalue weighted by Gasteiger charge is 2.16. The molecule has 0 bridgehead atoms. The lowest BCUT2D eigenvalue weighted by molar-refractivity contribution is 0.0887. The Kier molecular flexibility index (Phi) is 4.76. The van der Waals surface area contributed by atoms with Crippen LogP contribution < -0.4 is 5.32 Å². The summed E-state index contributed by atoms with van der Waals surface area (Å²) in [6.45, 7) is -0.123. The van der Waals surface area contributed by atoms with Crippen LogP contribution in [-0.2, 0) is 6.42 Å². The van der Waals surface area contributed by atoms with Crippen molar-refractivity contribution in [3.63, 3.8) is 0 Å². The molecule has 0 spiro atoms. The molecule has 0 unspecified atom stereocenters. The van der Waals surface area contributed by atoms with Crippen LogP contribution in [0.25, 0.3) is 0 Å². The van der Waals surface area contributed by atoms with Crippen LogP contribution in [0, 0.1) is 0 Å². The van der Waals surface area contributed by atoms with Gasteiger partial charge in [0.05, 0.1) is 12.6 Å². The molecule has 0 aliphatic heterocycles. The molecule has 2 rings (SSSR count). The summed E-state index contributed by atoms with van der Waals surface area (Å²) >= 11 is 3.14. The summed E-state index contributed by atoms with van der Waals surface area (Å²) in [5, 5.41) is 12.1. The molecule has 1 aromatic carbocycles. The molecule has 0 fully saturated rings.